The summed E-state index contributed by atoms with van der Waals surface area (Å²) in [5.41, 5.74) is 2.78. The van der Waals surface area contributed by atoms with Crippen molar-refractivity contribution in [3.63, 3.8) is 0 Å². The Balaban J connectivity index is 1.89. The van der Waals surface area contributed by atoms with Crippen LogP contribution in [0.5, 0.6) is 0 Å². The summed E-state index contributed by atoms with van der Waals surface area (Å²) in [5.74, 6) is -1.64. The van der Waals surface area contributed by atoms with E-state index in [0.29, 0.717) is 24.9 Å². The van der Waals surface area contributed by atoms with Crippen molar-refractivity contribution in [3.05, 3.63) is 65.7 Å². The van der Waals surface area contributed by atoms with Crippen molar-refractivity contribution >= 4 is 17.6 Å². The molecule has 5 heteroatoms. The van der Waals surface area contributed by atoms with Crippen LogP contribution in [0.1, 0.15) is 19.3 Å². The lowest BCUT2D eigenvalue weighted by Gasteiger charge is -2.15. The molecule has 25 heavy (non-hydrogen) atoms. The van der Waals surface area contributed by atoms with Crippen molar-refractivity contribution in [1.82, 2.24) is 0 Å². The molecular formula is C20H16N2O3. The van der Waals surface area contributed by atoms with Crippen LogP contribution in [0, 0.1) is 11.5 Å². The molecule has 0 heterocycles. The lowest BCUT2D eigenvalue weighted by Crippen LogP contribution is -2.27. The highest BCUT2D eigenvalue weighted by molar-refractivity contribution is 6.12. The summed E-state index contributed by atoms with van der Waals surface area (Å²) in [6.45, 7) is 0. The minimum absolute atomic E-state index is 0.117. The molecule has 0 saturated carbocycles. The number of amides is 1. The summed E-state index contributed by atoms with van der Waals surface area (Å²) in [6.07, 6.45) is 3.24. The first-order valence-corrected chi connectivity index (χ1v) is 7.97. The van der Waals surface area contributed by atoms with Crippen molar-refractivity contribution in [1.29, 1.82) is 5.26 Å². The molecule has 1 aliphatic rings. The fourth-order valence-corrected chi connectivity index (χ4v) is 3.00. The van der Waals surface area contributed by atoms with Crippen LogP contribution in [0.15, 0.2) is 65.7 Å². The average Bonchev–Trinajstić information content (AvgIpc) is 3.14. The summed E-state index contributed by atoms with van der Waals surface area (Å²) in [7, 11) is 0. The van der Waals surface area contributed by atoms with E-state index in [4.69, 9.17) is 0 Å². The number of anilines is 1. The van der Waals surface area contributed by atoms with E-state index in [9.17, 15) is 20.0 Å². The van der Waals surface area contributed by atoms with Crippen LogP contribution in [0.2, 0.25) is 0 Å². The first-order valence-electron chi connectivity index (χ1n) is 7.97. The lowest BCUT2D eigenvalue weighted by atomic mass is 10.0. The molecular weight excluding hydrogens is 316 g/mol. The number of aliphatic carboxylic acids is 1. The zero-order valence-corrected chi connectivity index (χ0v) is 13.5. The van der Waals surface area contributed by atoms with Crippen LogP contribution in [0.3, 0.4) is 0 Å². The third-order valence-corrected chi connectivity index (χ3v) is 4.27. The van der Waals surface area contributed by atoms with Gasteiger partial charge in [0.15, 0.2) is 6.19 Å². The van der Waals surface area contributed by atoms with Gasteiger partial charge in [0.2, 0.25) is 0 Å². The molecule has 0 aliphatic heterocycles. The number of carboxylic acids is 1. The van der Waals surface area contributed by atoms with E-state index in [1.165, 1.54) is 0 Å². The van der Waals surface area contributed by atoms with Crippen LogP contribution < -0.4 is 4.90 Å². The van der Waals surface area contributed by atoms with Gasteiger partial charge in [-0.05, 0) is 42.5 Å². The zero-order chi connectivity index (χ0) is 17.8. The highest BCUT2D eigenvalue weighted by Gasteiger charge is 2.29. The van der Waals surface area contributed by atoms with Crippen LogP contribution in [-0.4, -0.2) is 17.0 Å². The molecule has 124 valence electrons. The molecule has 0 atom stereocenters. The molecule has 0 spiro atoms. The predicted molar refractivity (Wildman–Crippen MR) is 93.5 cm³/mol. The molecule has 0 radical (unpaired) electrons. The van der Waals surface area contributed by atoms with Crippen LogP contribution in [0.25, 0.3) is 11.1 Å². The van der Waals surface area contributed by atoms with Gasteiger partial charge in [-0.1, -0.05) is 42.5 Å². The highest BCUT2D eigenvalue weighted by Crippen LogP contribution is 2.30. The minimum atomic E-state index is -1.09. The van der Waals surface area contributed by atoms with E-state index >= 15 is 0 Å². The molecule has 1 N–H and O–H groups in total. The summed E-state index contributed by atoms with van der Waals surface area (Å²) < 4.78 is 0. The maximum absolute atomic E-state index is 12.6. The monoisotopic (exact) mass is 332 g/mol. The lowest BCUT2D eigenvalue weighted by molar-refractivity contribution is -0.133. The Bertz CT molecular complexity index is 877. The van der Waals surface area contributed by atoms with Gasteiger partial charge in [-0.15, -0.1) is 0 Å². The summed E-state index contributed by atoms with van der Waals surface area (Å²) in [4.78, 5) is 24.8. The Hall–Kier alpha value is -3.39. The summed E-state index contributed by atoms with van der Waals surface area (Å²) in [5, 5.41) is 18.6. The quantitative estimate of drug-likeness (QED) is 0.683. The standard InChI is InChI=1S/C20H16N2O3/c21-13-22(19(23)17-7-4-8-18(17)20(24)25)16-11-9-15(10-12-16)14-5-2-1-3-6-14/h1-3,5-6,9-12H,4,7-8H2,(H,24,25). The Morgan fingerprint density at radius 2 is 1.52 bits per heavy atom. The molecule has 1 aliphatic carbocycles. The Kier molecular flexibility index (Phi) is 4.62. The average molecular weight is 332 g/mol. The van der Waals surface area contributed by atoms with Gasteiger partial charge in [-0.3, -0.25) is 4.79 Å². The summed E-state index contributed by atoms with van der Waals surface area (Å²) >= 11 is 0. The number of rotatable bonds is 4. The Morgan fingerprint density at radius 3 is 2.12 bits per heavy atom. The van der Waals surface area contributed by atoms with Crippen LogP contribution >= 0.6 is 0 Å². The molecule has 0 unspecified atom stereocenters. The molecule has 0 aromatic heterocycles. The first-order chi connectivity index (χ1) is 12.1. The number of hydrogen-bond donors (Lipinski definition) is 1. The fraction of sp³-hybridized carbons (Fsp3) is 0.150. The molecule has 1 amide bonds. The normalized spacial score (nSPS) is 13.4. The van der Waals surface area contributed by atoms with E-state index in [1.54, 1.807) is 12.1 Å². The van der Waals surface area contributed by atoms with Gasteiger partial charge in [0.25, 0.3) is 5.91 Å². The topological polar surface area (TPSA) is 81.4 Å². The third kappa shape index (κ3) is 3.29. The van der Waals surface area contributed by atoms with E-state index in [2.05, 4.69) is 0 Å². The van der Waals surface area contributed by atoms with Crippen molar-refractivity contribution in [3.8, 4) is 17.3 Å². The van der Waals surface area contributed by atoms with Gasteiger partial charge < -0.3 is 5.11 Å². The number of benzene rings is 2. The molecule has 2 aromatic carbocycles. The predicted octanol–water partition coefficient (Wildman–Crippen LogP) is 3.73. The minimum Gasteiger partial charge on any atom is -0.478 e. The van der Waals surface area contributed by atoms with E-state index in [1.807, 2.05) is 48.7 Å². The number of nitriles is 1. The molecule has 0 fully saturated rings. The van der Waals surface area contributed by atoms with Gasteiger partial charge in [-0.25, -0.2) is 9.69 Å². The Labute approximate surface area is 145 Å². The van der Waals surface area contributed by atoms with E-state index in [0.717, 1.165) is 16.0 Å². The van der Waals surface area contributed by atoms with Crippen molar-refractivity contribution < 1.29 is 14.7 Å². The number of carbonyl (C=O) groups is 2. The van der Waals surface area contributed by atoms with Gasteiger partial charge in [0.1, 0.15) is 0 Å². The molecule has 5 nitrogen and oxygen atoms in total. The molecule has 2 aromatic rings. The van der Waals surface area contributed by atoms with Crippen LogP contribution in [-0.2, 0) is 9.59 Å². The smallest absolute Gasteiger partial charge is 0.332 e. The second-order valence-corrected chi connectivity index (χ2v) is 5.77. The molecule has 0 saturated heterocycles. The fourth-order valence-electron chi connectivity index (χ4n) is 3.00. The second kappa shape index (κ2) is 7.02. The summed E-state index contributed by atoms with van der Waals surface area (Å²) in [6, 6.07) is 16.8. The van der Waals surface area contributed by atoms with Crippen molar-refractivity contribution in [2.75, 3.05) is 4.90 Å². The highest BCUT2D eigenvalue weighted by atomic mass is 16.4. The van der Waals surface area contributed by atoms with Crippen molar-refractivity contribution in [2.24, 2.45) is 0 Å². The SMILES string of the molecule is N#CN(C(=O)C1=C(C(=O)O)CCC1)c1ccc(-c2ccccc2)cc1. The van der Waals surface area contributed by atoms with Gasteiger partial charge in [0.05, 0.1) is 5.69 Å². The maximum atomic E-state index is 12.6. The number of nitrogens with zero attached hydrogens (tertiary/aromatic N) is 2. The van der Waals surface area contributed by atoms with E-state index < -0.39 is 11.9 Å². The second-order valence-electron chi connectivity index (χ2n) is 5.77. The van der Waals surface area contributed by atoms with E-state index in [-0.39, 0.29) is 11.1 Å². The zero-order valence-electron chi connectivity index (χ0n) is 13.5. The largest absolute Gasteiger partial charge is 0.478 e. The van der Waals surface area contributed by atoms with Crippen LogP contribution in [0.4, 0.5) is 5.69 Å². The third-order valence-electron chi connectivity index (χ3n) is 4.27. The maximum Gasteiger partial charge on any atom is 0.332 e. The van der Waals surface area contributed by atoms with Gasteiger partial charge in [-0.2, -0.15) is 5.26 Å². The van der Waals surface area contributed by atoms with Gasteiger partial charge in [0, 0.05) is 11.1 Å². The number of hydrogen-bond acceptors (Lipinski definition) is 3. The molecule has 3 rings (SSSR count). The Morgan fingerprint density at radius 1 is 0.920 bits per heavy atom. The molecule has 0 bridgehead atoms. The van der Waals surface area contributed by atoms with Gasteiger partial charge >= 0.3 is 5.97 Å². The first kappa shape index (κ1) is 16.5. The number of carbonyl (C=O) groups excluding carboxylic acids is 1. The number of carboxylic acid groups (broad SMARTS) is 1. The van der Waals surface area contributed by atoms with Crippen molar-refractivity contribution in [2.45, 2.75) is 19.3 Å².